The summed E-state index contributed by atoms with van der Waals surface area (Å²) in [5.41, 5.74) is 3.30. The van der Waals surface area contributed by atoms with Crippen molar-refractivity contribution in [2.24, 2.45) is 0 Å². The second-order valence-corrected chi connectivity index (χ2v) is 5.97. The monoisotopic (exact) mass is 340 g/mol. The van der Waals surface area contributed by atoms with Gasteiger partial charge in [0, 0.05) is 0 Å². The van der Waals surface area contributed by atoms with E-state index in [0.29, 0.717) is 17.5 Å². The molecule has 0 aliphatic carbocycles. The van der Waals surface area contributed by atoms with E-state index in [-0.39, 0.29) is 5.56 Å². The summed E-state index contributed by atoms with van der Waals surface area (Å²) in [5, 5.41) is 4.68. The molecule has 0 amide bonds. The predicted octanol–water partition coefficient (Wildman–Crippen LogP) is 2.32. The van der Waals surface area contributed by atoms with Crippen LogP contribution in [0.25, 0.3) is 16.7 Å². The van der Waals surface area contributed by atoms with Crippen molar-refractivity contribution >= 4 is 17.0 Å². The van der Waals surface area contributed by atoms with Crippen LogP contribution in [0.3, 0.4) is 0 Å². The first-order valence-electron chi connectivity index (χ1n) is 8.08. The van der Waals surface area contributed by atoms with Gasteiger partial charge in [0.05, 0.1) is 19.0 Å². The molecule has 0 N–H and O–H groups in total. The summed E-state index contributed by atoms with van der Waals surface area (Å²) in [7, 11) is 1.31. The van der Waals surface area contributed by atoms with Crippen LogP contribution in [-0.2, 0) is 9.53 Å². The molecule has 0 radical (unpaired) electrons. The van der Waals surface area contributed by atoms with Crippen LogP contribution in [0.2, 0.25) is 0 Å². The number of nitrogens with zero attached hydrogens (tertiary/aromatic N) is 4. The second kappa shape index (κ2) is 6.51. The predicted molar refractivity (Wildman–Crippen MR) is 93.9 cm³/mol. The van der Waals surface area contributed by atoms with Crippen molar-refractivity contribution in [2.75, 3.05) is 7.11 Å². The molecular formula is C18H20N4O3. The molecule has 0 aliphatic rings. The fraction of sp³-hybridized carbons (Fsp3) is 0.333. The minimum absolute atomic E-state index is 0.308. The molecule has 0 unspecified atom stereocenters. The average molecular weight is 340 g/mol. The highest BCUT2D eigenvalue weighted by molar-refractivity contribution is 5.77. The molecule has 1 atom stereocenters. The van der Waals surface area contributed by atoms with Gasteiger partial charge in [-0.1, -0.05) is 13.0 Å². The Morgan fingerprint density at radius 2 is 2.04 bits per heavy atom. The fourth-order valence-electron chi connectivity index (χ4n) is 2.81. The number of benzene rings is 1. The Kier molecular flexibility index (Phi) is 4.39. The Morgan fingerprint density at radius 1 is 1.28 bits per heavy atom. The van der Waals surface area contributed by atoms with Crippen LogP contribution in [0.5, 0.6) is 0 Å². The van der Waals surface area contributed by atoms with E-state index in [1.165, 1.54) is 29.8 Å². The number of hydrogen-bond acceptors (Lipinski definition) is 5. The third-order valence-electron chi connectivity index (χ3n) is 4.44. The van der Waals surface area contributed by atoms with Gasteiger partial charge in [0.2, 0.25) is 0 Å². The van der Waals surface area contributed by atoms with Crippen LogP contribution in [0.1, 0.15) is 30.5 Å². The Balaban J connectivity index is 2.15. The standard InChI is InChI=1S/C18H20N4O3/c1-5-15(18(24)25-4)21-10-19-16-14(17(21)23)9-20-22(16)13-7-6-11(2)12(3)8-13/h6-10,15H,5H2,1-4H3/t15-/m1/s1. The van der Waals surface area contributed by atoms with Gasteiger partial charge in [-0.05, 0) is 43.5 Å². The van der Waals surface area contributed by atoms with Crippen molar-refractivity contribution in [1.29, 1.82) is 0 Å². The van der Waals surface area contributed by atoms with Gasteiger partial charge in [-0.2, -0.15) is 5.10 Å². The van der Waals surface area contributed by atoms with Crippen molar-refractivity contribution < 1.29 is 9.53 Å². The van der Waals surface area contributed by atoms with Crippen LogP contribution >= 0.6 is 0 Å². The van der Waals surface area contributed by atoms with Gasteiger partial charge in [0.25, 0.3) is 5.56 Å². The van der Waals surface area contributed by atoms with E-state index in [1.807, 2.05) is 39.0 Å². The molecule has 0 saturated heterocycles. The van der Waals surface area contributed by atoms with Crippen molar-refractivity contribution in [3.63, 3.8) is 0 Å². The van der Waals surface area contributed by atoms with Crippen LogP contribution in [0, 0.1) is 13.8 Å². The van der Waals surface area contributed by atoms with Gasteiger partial charge >= 0.3 is 5.97 Å². The van der Waals surface area contributed by atoms with E-state index in [9.17, 15) is 9.59 Å². The lowest BCUT2D eigenvalue weighted by Crippen LogP contribution is -2.30. The molecule has 3 rings (SSSR count). The van der Waals surface area contributed by atoms with Crippen molar-refractivity contribution in [3.05, 3.63) is 52.2 Å². The summed E-state index contributed by atoms with van der Waals surface area (Å²) in [6.45, 7) is 5.87. The van der Waals surface area contributed by atoms with Gasteiger partial charge in [0.15, 0.2) is 5.65 Å². The highest BCUT2D eigenvalue weighted by Crippen LogP contribution is 2.18. The first-order chi connectivity index (χ1) is 12.0. The number of carbonyl (C=O) groups is 1. The molecule has 7 heteroatoms. The van der Waals surface area contributed by atoms with Crippen LogP contribution in [0.15, 0.2) is 35.5 Å². The molecule has 2 heterocycles. The summed E-state index contributed by atoms with van der Waals surface area (Å²) in [6.07, 6.45) is 3.31. The van der Waals surface area contributed by atoms with E-state index in [1.54, 1.807) is 4.68 Å². The van der Waals surface area contributed by atoms with Gasteiger partial charge in [0.1, 0.15) is 17.8 Å². The van der Waals surface area contributed by atoms with Crippen LogP contribution in [0.4, 0.5) is 0 Å². The smallest absolute Gasteiger partial charge is 0.329 e. The zero-order chi connectivity index (χ0) is 18.1. The lowest BCUT2D eigenvalue weighted by molar-refractivity contribution is -0.144. The summed E-state index contributed by atoms with van der Waals surface area (Å²) >= 11 is 0. The van der Waals surface area contributed by atoms with Gasteiger partial charge in [-0.25, -0.2) is 14.5 Å². The molecule has 3 aromatic rings. The molecule has 0 spiro atoms. The van der Waals surface area contributed by atoms with Gasteiger partial charge in [-0.15, -0.1) is 0 Å². The second-order valence-electron chi connectivity index (χ2n) is 5.97. The number of carbonyl (C=O) groups excluding carboxylic acids is 1. The molecule has 25 heavy (non-hydrogen) atoms. The summed E-state index contributed by atoms with van der Waals surface area (Å²) in [4.78, 5) is 29.0. The molecule has 0 saturated carbocycles. The number of ether oxygens (including phenoxy) is 1. The maximum absolute atomic E-state index is 12.8. The number of esters is 1. The summed E-state index contributed by atoms with van der Waals surface area (Å²) in [5.74, 6) is -0.465. The van der Waals surface area contributed by atoms with Crippen LogP contribution in [-0.4, -0.2) is 32.4 Å². The Hall–Kier alpha value is -2.96. The molecule has 2 aromatic heterocycles. The van der Waals surface area contributed by atoms with Crippen molar-refractivity contribution in [2.45, 2.75) is 33.2 Å². The highest BCUT2D eigenvalue weighted by Gasteiger charge is 2.22. The summed E-state index contributed by atoms with van der Waals surface area (Å²) in [6, 6.07) is 5.24. The van der Waals surface area contributed by atoms with E-state index >= 15 is 0 Å². The van der Waals surface area contributed by atoms with Gasteiger partial charge < -0.3 is 4.74 Å². The minimum atomic E-state index is -0.695. The van der Waals surface area contributed by atoms with E-state index in [2.05, 4.69) is 10.1 Å². The molecule has 0 fully saturated rings. The first kappa shape index (κ1) is 16.9. The number of fused-ring (bicyclic) bond motifs is 1. The van der Waals surface area contributed by atoms with Gasteiger partial charge in [-0.3, -0.25) is 9.36 Å². The third-order valence-corrected chi connectivity index (χ3v) is 4.44. The molecule has 0 aliphatic heterocycles. The summed E-state index contributed by atoms with van der Waals surface area (Å²) < 4.78 is 7.71. The fourth-order valence-corrected chi connectivity index (χ4v) is 2.81. The SMILES string of the molecule is CC[C@H](C(=O)OC)n1cnc2c(cnn2-c2ccc(C)c(C)c2)c1=O. The quantitative estimate of drug-likeness (QED) is 0.681. The molecule has 1 aromatic carbocycles. The van der Waals surface area contributed by atoms with Crippen molar-refractivity contribution in [1.82, 2.24) is 19.3 Å². The van der Waals surface area contributed by atoms with E-state index in [0.717, 1.165) is 11.3 Å². The highest BCUT2D eigenvalue weighted by atomic mass is 16.5. The van der Waals surface area contributed by atoms with Crippen LogP contribution < -0.4 is 5.56 Å². The molecule has 0 bridgehead atoms. The first-order valence-corrected chi connectivity index (χ1v) is 8.08. The number of rotatable bonds is 4. The van der Waals surface area contributed by atoms with E-state index in [4.69, 9.17) is 4.74 Å². The Labute approximate surface area is 144 Å². The molecule has 7 nitrogen and oxygen atoms in total. The third kappa shape index (κ3) is 2.82. The Bertz CT molecular complexity index is 1000. The number of aryl methyl sites for hydroxylation is 2. The zero-order valence-corrected chi connectivity index (χ0v) is 14.7. The lowest BCUT2D eigenvalue weighted by Gasteiger charge is -2.15. The van der Waals surface area contributed by atoms with E-state index < -0.39 is 12.0 Å². The number of aromatic nitrogens is 4. The average Bonchev–Trinajstić information content (AvgIpc) is 3.04. The largest absolute Gasteiger partial charge is 0.467 e. The maximum atomic E-state index is 12.8. The topological polar surface area (TPSA) is 79.0 Å². The normalized spacial score (nSPS) is 12.3. The Morgan fingerprint density at radius 3 is 2.68 bits per heavy atom. The lowest BCUT2D eigenvalue weighted by atomic mass is 10.1. The number of methoxy groups -OCH3 is 1. The molecule has 130 valence electrons. The zero-order valence-electron chi connectivity index (χ0n) is 14.7. The van der Waals surface area contributed by atoms with Crippen molar-refractivity contribution in [3.8, 4) is 5.69 Å². The maximum Gasteiger partial charge on any atom is 0.329 e. The minimum Gasteiger partial charge on any atom is -0.467 e. The molecular weight excluding hydrogens is 320 g/mol. The number of hydrogen-bond donors (Lipinski definition) is 0.